The van der Waals surface area contributed by atoms with Crippen LogP contribution in [0.4, 0.5) is 0 Å². The molecule has 1 aromatic rings. The standard InChI is InChI=1S/C13H24N4OS/c1-13(2,3)12-16-9(8-19-12)10(11(14)18)15-6-7-17(4)5/h8,10,15H,6-7H2,1-5H3,(H2,14,18). The zero-order chi connectivity index (χ0) is 14.6. The molecule has 0 fully saturated rings. The van der Waals surface area contributed by atoms with E-state index in [1.807, 2.05) is 24.4 Å². The highest BCUT2D eigenvalue weighted by Gasteiger charge is 2.24. The quantitative estimate of drug-likeness (QED) is 0.821. The summed E-state index contributed by atoms with van der Waals surface area (Å²) in [4.78, 5) is 18.1. The molecular formula is C13H24N4OS. The van der Waals surface area contributed by atoms with Crippen LogP contribution < -0.4 is 11.1 Å². The lowest BCUT2D eigenvalue weighted by Gasteiger charge is -2.17. The fourth-order valence-corrected chi connectivity index (χ4v) is 2.48. The number of nitrogens with zero attached hydrogens (tertiary/aromatic N) is 2. The van der Waals surface area contributed by atoms with Crippen LogP contribution in [0.15, 0.2) is 5.38 Å². The number of aromatic nitrogens is 1. The molecule has 0 spiro atoms. The topological polar surface area (TPSA) is 71.2 Å². The molecule has 0 bridgehead atoms. The van der Waals surface area contributed by atoms with Gasteiger partial charge in [-0.25, -0.2) is 4.98 Å². The van der Waals surface area contributed by atoms with E-state index >= 15 is 0 Å². The number of carbonyl (C=O) groups is 1. The number of carbonyl (C=O) groups excluding carboxylic acids is 1. The Morgan fingerprint density at radius 3 is 2.58 bits per heavy atom. The largest absolute Gasteiger partial charge is 0.368 e. The number of likely N-dealkylation sites (N-methyl/N-ethyl adjacent to an activating group) is 1. The Morgan fingerprint density at radius 2 is 2.16 bits per heavy atom. The van der Waals surface area contributed by atoms with Crippen LogP contribution in [0.1, 0.15) is 37.5 Å². The summed E-state index contributed by atoms with van der Waals surface area (Å²) >= 11 is 1.57. The van der Waals surface area contributed by atoms with E-state index in [-0.39, 0.29) is 11.3 Å². The van der Waals surface area contributed by atoms with Crippen LogP contribution in [0.2, 0.25) is 0 Å². The Morgan fingerprint density at radius 1 is 1.53 bits per heavy atom. The zero-order valence-electron chi connectivity index (χ0n) is 12.4. The van der Waals surface area contributed by atoms with Crippen LogP contribution in [0, 0.1) is 0 Å². The number of hydrogen-bond acceptors (Lipinski definition) is 5. The number of nitrogens with one attached hydrogen (secondary N) is 1. The van der Waals surface area contributed by atoms with Crippen LogP contribution in [0.5, 0.6) is 0 Å². The van der Waals surface area contributed by atoms with Crippen molar-refractivity contribution in [1.29, 1.82) is 0 Å². The Labute approximate surface area is 119 Å². The summed E-state index contributed by atoms with van der Waals surface area (Å²) in [5.74, 6) is -0.385. The van der Waals surface area contributed by atoms with Crippen molar-refractivity contribution in [2.24, 2.45) is 5.73 Å². The van der Waals surface area contributed by atoms with Gasteiger partial charge in [0.15, 0.2) is 0 Å². The van der Waals surface area contributed by atoms with Crippen molar-refractivity contribution in [3.05, 3.63) is 16.1 Å². The predicted molar refractivity (Wildman–Crippen MR) is 79.3 cm³/mol. The second kappa shape index (κ2) is 6.45. The first-order valence-corrected chi connectivity index (χ1v) is 7.23. The van der Waals surface area contributed by atoms with Crippen LogP contribution in [0.3, 0.4) is 0 Å². The summed E-state index contributed by atoms with van der Waals surface area (Å²) in [6.45, 7) is 7.86. The third-order valence-corrected chi connectivity index (χ3v) is 3.94. The van der Waals surface area contributed by atoms with E-state index in [9.17, 15) is 4.79 Å². The average molecular weight is 284 g/mol. The Balaban J connectivity index is 2.77. The summed E-state index contributed by atoms with van der Waals surface area (Å²) in [5, 5.41) is 6.09. The van der Waals surface area contributed by atoms with Crippen LogP contribution in [-0.2, 0) is 10.2 Å². The van der Waals surface area contributed by atoms with Crippen LogP contribution in [-0.4, -0.2) is 43.0 Å². The predicted octanol–water partition coefficient (Wildman–Crippen LogP) is 1.12. The van der Waals surface area contributed by atoms with Gasteiger partial charge in [-0.15, -0.1) is 11.3 Å². The monoisotopic (exact) mass is 284 g/mol. The van der Waals surface area contributed by atoms with E-state index in [1.54, 1.807) is 11.3 Å². The number of thiazole rings is 1. The lowest BCUT2D eigenvalue weighted by molar-refractivity contribution is -0.120. The minimum atomic E-state index is -0.507. The van der Waals surface area contributed by atoms with E-state index in [0.29, 0.717) is 6.54 Å². The molecule has 0 aliphatic carbocycles. The Hall–Kier alpha value is -0.980. The molecule has 1 unspecified atom stereocenters. The fraction of sp³-hybridized carbons (Fsp3) is 0.692. The maximum atomic E-state index is 11.5. The lowest BCUT2D eigenvalue weighted by Crippen LogP contribution is -2.37. The number of amides is 1. The fourth-order valence-electron chi connectivity index (χ4n) is 1.55. The first kappa shape index (κ1) is 16.1. The lowest BCUT2D eigenvalue weighted by atomic mass is 9.98. The van der Waals surface area contributed by atoms with Crippen molar-refractivity contribution in [3.8, 4) is 0 Å². The number of rotatable bonds is 6. The second-order valence-electron chi connectivity index (χ2n) is 5.92. The summed E-state index contributed by atoms with van der Waals surface area (Å²) in [6, 6.07) is -0.507. The van der Waals surface area contributed by atoms with Crippen molar-refractivity contribution < 1.29 is 4.79 Å². The van der Waals surface area contributed by atoms with Gasteiger partial charge in [0, 0.05) is 23.9 Å². The number of nitrogens with two attached hydrogens (primary N) is 1. The van der Waals surface area contributed by atoms with Crippen molar-refractivity contribution >= 4 is 17.2 Å². The van der Waals surface area contributed by atoms with Gasteiger partial charge in [-0.1, -0.05) is 20.8 Å². The smallest absolute Gasteiger partial charge is 0.240 e. The molecule has 108 valence electrons. The van der Waals surface area contributed by atoms with Gasteiger partial charge in [0.2, 0.25) is 5.91 Å². The maximum absolute atomic E-state index is 11.5. The van der Waals surface area contributed by atoms with Gasteiger partial charge < -0.3 is 10.6 Å². The van der Waals surface area contributed by atoms with E-state index < -0.39 is 6.04 Å². The molecule has 0 saturated heterocycles. The third-order valence-electron chi connectivity index (χ3n) is 2.65. The van der Waals surface area contributed by atoms with Gasteiger partial charge in [-0.2, -0.15) is 0 Å². The molecule has 5 nitrogen and oxygen atoms in total. The van der Waals surface area contributed by atoms with Crippen LogP contribution in [0.25, 0.3) is 0 Å². The molecule has 0 aliphatic rings. The summed E-state index contributed by atoms with van der Waals surface area (Å²) in [6.07, 6.45) is 0. The second-order valence-corrected chi connectivity index (χ2v) is 6.78. The minimum Gasteiger partial charge on any atom is -0.368 e. The van der Waals surface area contributed by atoms with Gasteiger partial charge in [-0.05, 0) is 14.1 Å². The highest BCUT2D eigenvalue weighted by Crippen LogP contribution is 2.27. The molecule has 1 atom stereocenters. The summed E-state index contributed by atoms with van der Waals surface area (Å²) < 4.78 is 0. The molecule has 0 saturated carbocycles. The van der Waals surface area contributed by atoms with Gasteiger partial charge >= 0.3 is 0 Å². The Bertz CT molecular complexity index is 423. The average Bonchev–Trinajstić information content (AvgIpc) is 2.71. The normalized spacial score (nSPS) is 13.8. The van der Waals surface area contributed by atoms with Crippen molar-refractivity contribution in [3.63, 3.8) is 0 Å². The zero-order valence-corrected chi connectivity index (χ0v) is 13.2. The van der Waals surface area contributed by atoms with E-state index in [2.05, 4.69) is 31.1 Å². The van der Waals surface area contributed by atoms with Gasteiger partial charge in [0.1, 0.15) is 6.04 Å². The molecule has 1 amide bonds. The van der Waals surface area contributed by atoms with E-state index in [1.165, 1.54) is 0 Å². The summed E-state index contributed by atoms with van der Waals surface area (Å²) in [5.41, 5.74) is 6.17. The molecule has 1 rings (SSSR count). The molecule has 19 heavy (non-hydrogen) atoms. The van der Waals surface area contributed by atoms with Crippen LogP contribution >= 0.6 is 11.3 Å². The van der Waals surface area contributed by atoms with E-state index in [4.69, 9.17) is 5.73 Å². The highest BCUT2D eigenvalue weighted by atomic mass is 32.1. The van der Waals surface area contributed by atoms with E-state index in [0.717, 1.165) is 17.2 Å². The first-order chi connectivity index (χ1) is 8.71. The van der Waals surface area contributed by atoms with Crippen molar-refractivity contribution in [2.45, 2.75) is 32.2 Å². The van der Waals surface area contributed by atoms with Gasteiger partial charge in [-0.3, -0.25) is 10.1 Å². The van der Waals surface area contributed by atoms with Crippen molar-refractivity contribution in [2.75, 3.05) is 27.2 Å². The molecule has 1 aromatic heterocycles. The summed E-state index contributed by atoms with van der Waals surface area (Å²) in [7, 11) is 3.98. The molecule has 6 heteroatoms. The molecule has 1 heterocycles. The van der Waals surface area contributed by atoms with Gasteiger partial charge in [0.25, 0.3) is 0 Å². The molecule has 0 radical (unpaired) electrons. The SMILES string of the molecule is CN(C)CCNC(C(N)=O)c1csc(C(C)(C)C)n1. The Kier molecular flexibility index (Phi) is 5.46. The number of primary amides is 1. The number of hydrogen-bond donors (Lipinski definition) is 2. The minimum absolute atomic E-state index is 0.00521. The van der Waals surface area contributed by atoms with Gasteiger partial charge in [0.05, 0.1) is 10.7 Å². The molecule has 0 aliphatic heterocycles. The molecule has 0 aromatic carbocycles. The highest BCUT2D eigenvalue weighted by molar-refractivity contribution is 7.09. The molecule has 3 N–H and O–H groups in total. The first-order valence-electron chi connectivity index (χ1n) is 6.35. The van der Waals surface area contributed by atoms with Crippen molar-refractivity contribution in [1.82, 2.24) is 15.2 Å². The molecular weight excluding hydrogens is 260 g/mol. The third kappa shape index (κ3) is 4.89. The maximum Gasteiger partial charge on any atom is 0.240 e.